The predicted octanol–water partition coefficient (Wildman–Crippen LogP) is 5.11. The zero-order chi connectivity index (χ0) is 23.3. The summed E-state index contributed by atoms with van der Waals surface area (Å²) in [5.74, 6) is -2.09. The van der Waals surface area contributed by atoms with Crippen LogP contribution >= 0.6 is 11.6 Å². The molecule has 0 radical (unpaired) electrons. The third-order valence-corrected chi connectivity index (χ3v) is 5.84. The van der Waals surface area contributed by atoms with Gasteiger partial charge in [0.05, 0.1) is 16.2 Å². The summed E-state index contributed by atoms with van der Waals surface area (Å²) in [5, 5.41) is 50.0. The summed E-state index contributed by atoms with van der Waals surface area (Å²) in [5.41, 5.74) is -0.638. The van der Waals surface area contributed by atoms with Crippen molar-refractivity contribution in [2.45, 2.75) is 90.8 Å². The highest BCUT2D eigenvalue weighted by atomic mass is 35.5. The molecule has 0 aromatic heterocycles. The molecule has 0 bridgehead atoms. The molecule has 0 heterocycles. The molecule has 0 aliphatic rings. The first kappa shape index (κ1) is 26.3. The standard InChI is InChI=1S/C23H35ClO6/c1-14(8-6-12-23(5,30)13-7-11-22(3,4)29)9-10-16-19(25)17(21(27)28)15(2)18(24)20(16)26/h9,25-26,29-30H,6-8,10-13H2,1-5H3,(H,27,28)/b14-9+. The number of rotatable bonds is 11. The molecule has 1 unspecified atom stereocenters. The van der Waals surface area contributed by atoms with E-state index in [4.69, 9.17) is 11.6 Å². The molecule has 1 atom stereocenters. The Balaban J connectivity index is 2.72. The van der Waals surface area contributed by atoms with Crippen LogP contribution in [0, 0.1) is 6.92 Å². The first-order chi connectivity index (χ1) is 13.7. The Bertz CT molecular complexity index is 790. The second kappa shape index (κ2) is 10.5. The highest BCUT2D eigenvalue weighted by Gasteiger charge is 2.24. The third-order valence-electron chi connectivity index (χ3n) is 5.38. The van der Waals surface area contributed by atoms with Crippen LogP contribution < -0.4 is 0 Å². The molecule has 0 spiro atoms. The molecule has 6 nitrogen and oxygen atoms in total. The highest BCUT2D eigenvalue weighted by Crippen LogP contribution is 2.41. The Morgan fingerprint density at radius 2 is 1.60 bits per heavy atom. The lowest BCUT2D eigenvalue weighted by atomic mass is 9.89. The summed E-state index contributed by atoms with van der Waals surface area (Å²) >= 11 is 6.03. The van der Waals surface area contributed by atoms with Crippen LogP contribution in [-0.4, -0.2) is 42.7 Å². The highest BCUT2D eigenvalue weighted by molar-refractivity contribution is 6.33. The summed E-state index contributed by atoms with van der Waals surface area (Å²) in [7, 11) is 0. The van der Waals surface area contributed by atoms with Crippen molar-refractivity contribution in [2.24, 2.45) is 0 Å². The molecular weight excluding hydrogens is 408 g/mol. The molecule has 1 aromatic rings. The molecule has 0 aliphatic carbocycles. The van der Waals surface area contributed by atoms with E-state index in [9.17, 15) is 30.3 Å². The van der Waals surface area contributed by atoms with Crippen LogP contribution in [0.15, 0.2) is 11.6 Å². The van der Waals surface area contributed by atoms with Crippen LogP contribution in [0.5, 0.6) is 11.5 Å². The molecule has 0 saturated heterocycles. The number of hydrogen-bond donors (Lipinski definition) is 5. The van der Waals surface area contributed by atoms with Gasteiger partial charge in [0.1, 0.15) is 17.1 Å². The summed E-state index contributed by atoms with van der Waals surface area (Å²) in [6.07, 6.45) is 6.03. The predicted molar refractivity (Wildman–Crippen MR) is 119 cm³/mol. The number of hydrogen-bond acceptors (Lipinski definition) is 5. The van der Waals surface area contributed by atoms with E-state index in [0.29, 0.717) is 25.7 Å². The molecule has 5 N–H and O–H groups in total. The number of allylic oxidation sites excluding steroid dienone is 2. The van der Waals surface area contributed by atoms with E-state index in [1.807, 2.05) is 13.0 Å². The molecular formula is C23H35ClO6. The quantitative estimate of drug-likeness (QED) is 0.304. The zero-order valence-corrected chi connectivity index (χ0v) is 19.3. The van der Waals surface area contributed by atoms with Crippen molar-refractivity contribution in [3.8, 4) is 11.5 Å². The molecule has 0 fully saturated rings. The Morgan fingerprint density at radius 1 is 1.03 bits per heavy atom. The van der Waals surface area contributed by atoms with Crippen molar-refractivity contribution < 1.29 is 30.3 Å². The van der Waals surface area contributed by atoms with Gasteiger partial charge in [-0.3, -0.25) is 0 Å². The number of benzene rings is 1. The van der Waals surface area contributed by atoms with Gasteiger partial charge >= 0.3 is 5.97 Å². The fourth-order valence-corrected chi connectivity index (χ4v) is 3.68. The topological polar surface area (TPSA) is 118 Å². The van der Waals surface area contributed by atoms with Crippen molar-refractivity contribution in [3.63, 3.8) is 0 Å². The second-order valence-corrected chi connectivity index (χ2v) is 9.44. The van der Waals surface area contributed by atoms with Crippen LogP contribution in [0.4, 0.5) is 0 Å². The molecule has 1 rings (SSSR count). The number of carboxylic acids is 1. The number of halogens is 1. The first-order valence-electron chi connectivity index (χ1n) is 10.2. The van der Waals surface area contributed by atoms with Gasteiger partial charge in [0.25, 0.3) is 0 Å². The number of carbonyl (C=O) groups is 1. The molecule has 7 heteroatoms. The van der Waals surface area contributed by atoms with Crippen LogP contribution in [-0.2, 0) is 6.42 Å². The Morgan fingerprint density at radius 3 is 2.13 bits per heavy atom. The molecule has 1 aromatic carbocycles. The minimum Gasteiger partial charge on any atom is -0.507 e. The molecule has 0 saturated carbocycles. The van der Waals surface area contributed by atoms with Gasteiger partial charge in [0.15, 0.2) is 0 Å². The van der Waals surface area contributed by atoms with E-state index in [2.05, 4.69) is 0 Å². The van der Waals surface area contributed by atoms with Gasteiger partial charge in [-0.2, -0.15) is 0 Å². The van der Waals surface area contributed by atoms with Gasteiger partial charge < -0.3 is 25.5 Å². The average Bonchev–Trinajstić information content (AvgIpc) is 2.58. The van der Waals surface area contributed by atoms with Gasteiger partial charge in [-0.25, -0.2) is 4.79 Å². The van der Waals surface area contributed by atoms with Crippen molar-refractivity contribution in [1.82, 2.24) is 0 Å². The molecule has 30 heavy (non-hydrogen) atoms. The van der Waals surface area contributed by atoms with Gasteiger partial charge in [-0.15, -0.1) is 0 Å². The van der Waals surface area contributed by atoms with E-state index in [1.165, 1.54) is 6.92 Å². The van der Waals surface area contributed by atoms with Gasteiger partial charge in [0, 0.05) is 5.56 Å². The normalized spacial score (nSPS) is 14.6. The average molecular weight is 443 g/mol. The molecule has 0 aliphatic heterocycles. The monoisotopic (exact) mass is 442 g/mol. The van der Waals surface area contributed by atoms with Crippen LogP contribution in [0.2, 0.25) is 5.02 Å². The van der Waals surface area contributed by atoms with Crippen molar-refractivity contribution >= 4 is 17.6 Å². The Labute approximate surface area is 183 Å². The van der Waals surface area contributed by atoms with Gasteiger partial charge in [0.2, 0.25) is 0 Å². The number of aliphatic hydroxyl groups is 2. The van der Waals surface area contributed by atoms with Crippen molar-refractivity contribution in [1.29, 1.82) is 0 Å². The van der Waals surface area contributed by atoms with E-state index in [-0.39, 0.29) is 33.9 Å². The van der Waals surface area contributed by atoms with Crippen LogP contribution in [0.3, 0.4) is 0 Å². The van der Waals surface area contributed by atoms with Gasteiger partial charge in [-0.05, 0) is 85.1 Å². The van der Waals surface area contributed by atoms with E-state index in [0.717, 1.165) is 18.4 Å². The third kappa shape index (κ3) is 7.82. The summed E-state index contributed by atoms with van der Waals surface area (Å²) in [4.78, 5) is 11.4. The number of carboxylic acid groups (broad SMARTS) is 1. The van der Waals surface area contributed by atoms with Crippen LogP contribution in [0.25, 0.3) is 0 Å². The maximum atomic E-state index is 11.4. The SMILES string of the molecule is C/C(=C\Cc1c(O)c(Cl)c(C)c(C(=O)O)c1O)CCCC(C)(O)CCCC(C)(C)O. The summed E-state index contributed by atoms with van der Waals surface area (Å²) in [6.45, 7) is 8.65. The first-order valence-corrected chi connectivity index (χ1v) is 10.6. The van der Waals surface area contributed by atoms with E-state index in [1.54, 1.807) is 20.8 Å². The lowest BCUT2D eigenvalue weighted by molar-refractivity contribution is 0.0226. The second-order valence-electron chi connectivity index (χ2n) is 9.07. The Hall–Kier alpha value is -1.76. The minimum absolute atomic E-state index is 0.0756. The van der Waals surface area contributed by atoms with Crippen molar-refractivity contribution in [3.05, 3.63) is 33.4 Å². The van der Waals surface area contributed by atoms with E-state index < -0.39 is 22.9 Å². The zero-order valence-electron chi connectivity index (χ0n) is 18.5. The van der Waals surface area contributed by atoms with Crippen LogP contribution in [0.1, 0.15) is 87.7 Å². The fraction of sp³-hybridized carbons (Fsp3) is 0.609. The van der Waals surface area contributed by atoms with Crippen molar-refractivity contribution in [2.75, 3.05) is 0 Å². The maximum Gasteiger partial charge on any atom is 0.339 e. The number of aromatic hydroxyl groups is 2. The number of phenolic OH excluding ortho intramolecular Hbond substituents is 1. The fourth-order valence-electron chi connectivity index (χ4n) is 3.47. The Kier molecular flexibility index (Phi) is 9.21. The smallest absolute Gasteiger partial charge is 0.339 e. The number of aromatic carboxylic acids is 1. The lowest BCUT2D eigenvalue weighted by Crippen LogP contribution is -2.26. The largest absolute Gasteiger partial charge is 0.507 e. The summed E-state index contributed by atoms with van der Waals surface area (Å²) in [6, 6.07) is 0. The minimum atomic E-state index is -1.30. The lowest BCUT2D eigenvalue weighted by Gasteiger charge is -2.25. The van der Waals surface area contributed by atoms with Gasteiger partial charge in [-0.1, -0.05) is 23.3 Å². The summed E-state index contributed by atoms with van der Waals surface area (Å²) < 4.78 is 0. The molecule has 0 amide bonds. The molecule has 170 valence electrons. The van der Waals surface area contributed by atoms with E-state index >= 15 is 0 Å². The number of phenols is 2. The maximum absolute atomic E-state index is 11.4.